The number of carboxylic acids is 1. The van der Waals surface area contributed by atoms with Crippen molar-refractivity contribution in [3.8, 4) is 0 Å². The van der Waals surface area contributed by atoms with Crippen molar-refractivity contribution in [1.29, 1.82) is 0 Å². The summed E-state index contributed by atoms with van der Waals surface area (Å²) in [5, 5.41) is 18.7. The van der Waals surface area contributed by atoms with E-state index < -0.39 is 5.97 Å². The summed E-state index contributed by atoms with van der Waals surface area (Å²) in [6.45, 7) is 0.0676. The van der Waals surface area contributed by atoms with E-state index in [4.69, 9.17) is 5.11 Å². The second-order valence-corrected chi connectivity index (χ2v) is 5.46. The van der Waals surface area contributed by atoms with E-state index in [2.05, 4.69) is 24.3 Å². The summed E-state index contributed by atoms with van der Waals surface area (Å²) in [5.74, 6) is -0.685. The predicted molar refractivity (Wildman–Crippen MR) is 86.9 cm³/mol. The van der Waals surface area contributed by atoms with Gasteiger partial charge in [0, 0.05) is 6.42 Å². The lowest BCUT2D eigenvalue weighted by Gasteiger charge is -1.97. The van der Waals surface area contributed by atoms with Crippen LogP contribution in [-0.4, -0.2) is 17.7 Å². The molecule has 0 amide bonds. The van der Waals surface area contributed by atoms with E-state index in [1.165, 1.54) is 19.3 Å². The molecule has 0 aliphatic rings. The molecular formula is C18H31O3. The van der Waals surface area contributed by atoms with Gasteiger partial charge in [-0.3, -0.25) is 4.79 Å². The van der Waals surface area contributed by atoms with E-state index in [-0.39, 0.29) is 6.61 Å². The van der Waals surface area contributed by atoms with E-state index in [1.54, 1.807) is 0 Å². The molecule has 0 aromatic heterocycles. The molecule has 0 saturated carbocycles. The summed E-state index contributed by atoms with van der Waals surface area (Å²) in [4.78, 5) is 10.3. The van der Waals surface area contributed by atoms with E-state index >= 15 is 0 Å². The van der Waals surface area contributed by atoms with Crippen LogP contribution in [0.15, 0.2) is 24.3 Å². The van der Waals surface area contributed by atoms with Gasteiger partial charge in [-0.2, -0.15) is 0 Å². The normalized spacial score (nSPS) is 11.7. The summed E-state index contributed by atoms with van der Waals surface area (Å²) in [5.41, 5.74) is 0. The second kappa shape index (κ2) is 17.0. The van der Waals surface area contributed by atoms with Gasteiger partial charge in [0.25, 0.3) is 0 Å². The number of aliphatic carboxylic acids is 1. The summed E-state index contributed by atoms with van der Waals surface area (Å²) in [7, 11) is 0. The Morgan fingerprint density at radius 3 is 1.71 bits per heavy atom. The third-order valence-electron chi connectivity index (χ3n) is 3.41. The van der Waals surface area contributed by atoms with Crippen LogP contribution in [0.2, 0.25) is 0 Å². The largest absolute Gasteiger partial charge is 0.481 e. The maximum absolute atomic E-state index is 10.3. The van der Waals surface area contributed by atoms with Gasteiger partial charge in [0.2, 0.25) is 0 Å². The molecule has 0 bridgehead atoms. The van der Waals surface area contributed by atoms with Crippen LogP contribution in [0.1, 0.15) is 77.0 Å². The molecule has 0 spiro atoms. The highest BCUT2D eigenvalue weighted by Gasteiger charge is 1.95. The molecule has 3 nitrogen and oxygen atoms in total. The van der Waals surface area contributed by atoms with Crippen LogP contribution in [0.3, 0.4) is 0 Å². The number of carbonyl (C=O) groups is 1. The zero-order chi connectivity index (χ0) is 15.6. The van der Waals surface area contributed by atoms with Gasteiger partial charge in [-0.1, -0.05) is 56.4 Å². The fraction of sp³-hybridized carbons (Fsp3) is 0.722. The fourth-order valence-electron chi connectivity index (χ4n) is 2.14. The van der Waals surface area contributed by atoms with Crippen molar-refractivity contribution in [2.75, 3.05) is 6.61 Å². The summed E-state index contributed by atoms with van der Waals surface area (Å²) in [6.07, 6.45) is 20.7. The molecule has 0 fully saturated rings. The first-order chi connectivity index (χ1) is 10.3. The standard InChI is InChI=1S/C18H31O3/c19-17-15-13-11-9-7-5-3-1-2-4-6-8-10-12-14-16-18(20)21/h1-3,5H,4,6-17H2,(H,20,21). The minimum absolute atomic E-state index is 0.0676. The van der Waals surface area contributed by atoms with E-state index in [9.17, 15) is 9.90 Å². The average molecular weight is 295 g/mol. The summed E-state index contributed by atoms with van der Waals surface area (Å²) in [6, 6.07) is 0. The van der Waals surface area contributed by atoms with Gasteiger partial charge in [0.15, 0.2) is 0 Å². The number of allylic oxidation sites excluding steroid dienone is 4. The minimum Gasteiger partial charge on any atom is -0.481 e. The molecule has 121 valence electrons. The van der Waals surface area contributed by atoms with Crippen molar-refractivity contribution in [3.05, 3.63) is 24.3 Å². The third kappa shape index (κ3) is 18.9. The zero-order valence-electron chi connectivity index (χ0n) is 13.3. The molecule has 1 radical (unpaired) electrons. The molecule has 1 N–H and O–H groups in total. The highest BCUT2D eigenvalue weighted by molar-refractivity contribution is 5.66. The lowest BCUT2D eigenvalue weighted by Crippen LogP contribution is -1.93. The molecule has 3 heteroatoms. The van der Waals surface area contributed by atoms with E-state index in [0.717, 1.165) is 51.4 Å². The molecule has 0 atom stereocenters. The van der Waals surface area contributed by atoms with Crippen molar-refractivity contribution < 1.29 is 15.0 Å². The first kappa shape index (κ1) is 19.9. The Kier molecular flexibility index (Phi) is 16.1. The highest BCUT2D eigenvalue weighted by atomic mass is 16.4. The Labute approximate surface area is 129 Å². The van der Waals surface area contributed by atoms with Crippen LogP contribution in [0, 0.1) is 0 Å². The topological polar surface area (TPSA) is 57.2 Å². The van der Waals surface area contributed by atoms with Crippen molar-refractivity contribution >= 4 is 5.97 Å². The van der Waals surface area contributed by atoms with Crippen LogP contribution >= 0.6 is 0 Å². The van der Waals surface area contributed by atoms with Crippen LogP contribution in [0.5, 0.6) is 0 Å². The average Bonchev–Trinajstić information content (AvgIpc) is 2.46. The van der Waals surface area contributed by atoms with Gasteiger partial charge in [0.1, 0.15) is 0 Å². The lowest BCUT2D eigenvalue weighted by atomic mass is 10.1. The number of unbranched alkanes of at least 4 members (excludes halogenated alkanes) is 9. The Hall–Kier alpha value is -1.09. The Balaban J connectivity index is 3.19. The maximum Gasteiger partial charge on any atom is 0.303 e. The van der Waals surface area contributed by atoms with Crippen LogP contribution in [0.25, 0.3) is 0 Å². The third-order valence-corrected chi connectivity index (χ3v) is 3.41. The van der Waals surface area contributed by atoms with Crippen LogP contribution in [0.4, 0.5) is 0 Å². The van der Waals surface area contributed by atoms with Gasteiger partial charge in [-0.05, 0) is 38.5 Å². The van der Waals surface area contributed by atoms with E-state index in [1.807, 2.05) is 0 Å². The summed E-state index contributed by atoms with van der Waals surface area (Å²) < 4.78 is 0. The molecule has 0 unspecified atom stereocenters. The number of hydrogen-bond donors (Lipinski definition) is 1. The number of carboxylic acid groups (broad SMARTS) is 1. The Morgan fingerprint density at radius 1 is 0.714 bits per heavy atom. The van der Waals surface area contributed by atoms with Gasteiger partial charge in [-0.15, -0.1) is 0 Å². The Morgan fingerprint density at radius 2 is 1.19 bits per heavy atom. The monoisotopic (exact) mass is 295 g/mol. The molecule has 0 aliphatic heterocycles. The SMILES string of the molecule is [O]CCCCCCC=CC=CCCCCCCCC(=O)O. The van der Waals surface area contributed by atoms with Crippen molar-refractivity contribution in [2.24, 2.45) is 0 Å². The molecule has 0 heterocycles. The zero-order valence-corrected chi connectivity index (χ0v) is 13.3. The van der Waals surface area contributed by atoms with Crippen LogP contribution < -0.4 is 0 Å². The molecule has 0 saturated heterocycles. The fourth-order valence-corrected chi connectivity index (χ4v) is 2.14. The molecule has 0 aromatic rings. The smallest absolute Gasteiger partial charge is 0.303 e. The first-order valence-electron chi connectivity index (χ1n) is 8.39. The molecule has 21 heavy (non-hydrogen) atoms. The van der Waals surface area contributed by atoms with Gasteiger partial charge < -0.3 is 5.11 Å². The van der Waals surface area contributed by atoms with E-state index in [0.29, 0.717) is 6.42 Å². The minimum atomic E-state index is -0.685. The molecular weight excluding hydrogens is 264 g/mol. The van der Waals surface area contributed by atoms with Gasteiger partial charge >= 0.3 is 5.97 Å². The molecule has 0 aromatic carbocycles. The molecule has 0 rings (SSSR count). The number of rotatable bonds is 15. The quantitative estimate of drug-likeness (QED) is 0.329. The number of hydrogen-bond acceptors (Lipinski definition) is 1. The first-order valence-corrected chi connectivity index (χ1v) is 8.39. The van der Waals surface area contributed by atoms with Crippen molar-refractivity contribution in [3.63, 3.8) is 0 Å². The second-order valence-electron chi connectivity index (χ2n) is 5.46. The van der Waals surface area contributed by atoms with Gasteiger partial charge in [-0.25, -0.2) is 5.11 Å². The highest BCUT2D eigenvalue weighted by Crippen LogP contribution is 2.08. The lowest BCUT2D eigenvalue weighted by molar-refractivity contribution is -0.137. The molecule has 0 aliphatic carbocycles. The van der Waals surface area contributed by atoms with Gasteiger partial charge in [0.05, 0.1) is 6.61 Å². The Bertz CT molecular complexity index is 282. The van der Waals surface area contributed by atoms with Crippen molar-refractivity contribution in [1.82, 2.24) is 0 Å². The summed E-state index contributed by atoms with van der Waals surface area (Å²) >= 11 is 0. The maximum atomic E-state index is 10.3. The van der Waals surface area contributed by atoms with Crippen LogP contribution in [-0.2, 0) is 9.90 Å². The van der Waals surface area contributed by atoms with Crippen molar-refractivity contribution in [2.45, 2.75) is 77.0 Å². The predicted octanol–water partition coefficient (Wildman–Crippen LogP) is 5.30.